The monoisotopic (exact) mass is 548 g/mol. The van der Waals surface area contributed by atoms with Gasteiger partial charge in [-0.2, -0.15) is 0 Å². The molecule has 8 heteroatoms. The van der Waals surface area contributed by atoms with E-state index in [-0.39, 0.29) is 18.3 Å². The molecule has 0 aliphatic heterocycles. The van der Waals surface area contributed by atoms with Gasteiger partial charge in [-0.3, -0.25) is 4.90 Å². The molecule has 41 heavy (non-hydrogen) atoms. The normalized spacial score (nSPS) is 10.6. The number of benzene rings is 5. The van der Waals surface area contributed by atoms with Crippen molar-refractivity contribution in [2.24, 2.45) is 0 Å². The third-order valence-corrected chi connectivity index (χ3v) is 6.37. The van der Waals surface area contributed by atoms with E-state index in [4.69, 9.17) is 4.74 Å². The van der Waals surface area contributed by atoms with Gasteiger partial charge >= 0.3 is 12.1 Å². The number of hydrogen-bond acceptors (Lipinski definition) is 3. The number of urea groups is 2. The lowest BCUT2D eigenvalue weighted by Crippen LogP contribution is -2.38. The highest BCUT2D eigenvalue weighted by molar-refractivity contribution is 6.02. The lowest BCUT2D eigenvalue weighted by Gasteiger charge is -2.24. The van der Waals surface area contributed by atoms with Gasteiger partial charge in [-0.15, -0.1) is 0 Å². The van der Waals surface area contributed by atoms with Gasteiger partial charge in [-0.25, -0.2) is 14.0 Å². The van der Waals surface area contributed by atoms with Crippen LogP contribution in [0.15, 0.2) is 121 Å². The number of hydrogen-bond donors (Lipinski definition) is 3. The Morgan fingerprint density at radius 1 is 0.683 bits per heavy atom. The number of anilines is 3. The van der Waals surface area contributed by atoms with E-state index < -0.39 is 11.8 Å². The van der Waals surface area contributed by atoms with Crippen molar-refractivity contribution in [1.82, 2.24) is 5.32 Å². The van der Waals surface area contributed by atoms with Crippen molar-refractivity contribution in [2.75, 3.05) is 28.6 Å². The van der Waals surface area contributed by atoms with Crippen molar-refractivity contribution in [3.63, 3.8) is 0 Å². The van der Waals surface area contributed by atoms with Crippen molar-refractivity contribution in [3.8, 4) is 11.5 Å². The van der Waals surface area contributed by atoms with Crippen LogP contribution in [0.1, 0.15) is 6.42 Å². The van der Waals surface area contributed by atoms with E-state index in [1.807, 2.05) is 72.8 Å². The van der Waals surface area contributed by atoms with E-state index in [2.05, 4.69) is 16.0 Å². The van der Waals surface area contributed by atoms with Gasteiger partial charge in [0.1, 0.15) is 17.3 Å². The van der Waals surface area contributed by atoms with E-state index in [1.54, 1.807) is 36.4 Å². The molecule has 0 saturated heterocycles. The maximum absolute atomic E-state index is 14.2. The second-order valence-corrected chi connectivity index (χ2v) is 9.23. The van der Waals surface area contributed by atoms with Crippen LogP contribution < -0.4 is 25.6 Å². The Bertz CT molecular complexity index is 1620. The van der Waals surface area contributed by atoms with Crippen molar-refractivity contribution >= 4 is 39.9 Å². The van der Waals surface area contributed by atoms with Crippen molar-refractivity contribution < 1.29 is 18.7 Å². The standard InChI is InChI=1S/C33H29FN4O3/c34-29-15-6-7-16-31(29)37-33(40)38(25-18-20-27(21-19-25)41-26-12-2-1-3-13-26)23-9-22-35-32(39)36-30-17-8-11-24-10-4-5-14-28(24)30/h1-8,10-21H,9,22-23H2,(H,37,40)(H2,35,36,39). The highest BCUT2D eigenvalue weighted by atomic mass is 19.1. The van der Waals surface area contributed by atoms with Gasteiger partial charge < -0.3 is 20.7 Å². The maximum atomic E-state index is 14.2. The van der Waals surface area contributed by atoms with Gasteiger partial charge in [-0.1, -0.05) is 66.7 Å². The Hall–Kier alpha value is -5.37. The fourth-order valence-corrected chi connectivity index (χ4v) is 4.35. The van der Waals surface area contributed by atoms with Gasteiger partial charge in [0.15, 0.2) is 0 Å². The average molecular weight is 549 g/mol. The van der Waals surface area contributed by atoms with Gasteiger partial charge in [0.25, 0.3) is 0 Å². The quantitative estimate of drug-likeness (QED) is 0.163. The molecular weight excluding hydrogens is 519 g/mol. The highest BCUT2D eigenvalue weighted by Gasteiger charge is 2.18. The van der Waals surface area contributed by atoms with Crippen molar-refractivity contribution in [1.29, 1.82) is 0 Å². The summed E-state index contributed by atoms with van der Waals surface area (Å²) in [5.74, 6) is 0.780. The molecule has 0 fully saturated rings. The Kier molecular flexibility index (Phi) is 8.71. The van der Waals surface area contributed by atoms with E-state index in [0.29, 0.717) is 35.8 Å². The second kappa shape index (κ2) is 13.1. The molecule has 5 aromatic carbocycles. The van der Waals surface area contributed by atoms with Crippen LogP contribution in [0.2, 0.25) is 0 Å². The summed E-state index contributed by atoms with van der Waals surface area (Å²) in [7, 11) is 0. The molecule has 0 saturated carbocycles. The zero-order chi connectivity index (χ0) is 28.4. The molecule has 0 spiro atoms. The van der Waals surface area contributed by atoms with E-state index >= 15 is 0 Å². The summed E-state index contributed by atoms with van der Waals surface area (Å²) in [5, 5.41) is 10.4. The number of ether oxygens (including phenoxy) is 1. The predicted molar refractivity (Wildman–Crippen MR) is 161 cm³/mol. The van der Waals surface area contributed by atoms with Crippen LogP contribution in [0.4, 0.5) is 31.0 Å². The largest absolute Gasteiger partial charge is 0.457 e. The highest BCUT2D eigenvalue weighted by Crippen LogP contribution is 2.26. The van der Waals surface area contributed by atoms with Crippen LogP contribution in [-0.4, -0.2) is 25.2 Å². The Balaban J connectivity index is 1.23. The summed E-state index contributed by atoms with van der Waals surface area (Å²) >= 11 is 0. The number of para-hydroxylation sites is 2. The molecule has 0 atom stereocenters. The lowest BCUT2D eigenvalue weighted by molar-refractivity contribution is 0.252. The second-order valence-electron chi connectivity index (χ2n) is 9.23. The van der Waals surface area contributed by atoms with Crippen LogP contribution >= 0.6 is 0 Å². The zero-order valence-electron chi connectivity index (χ0n) is 22.2. The summed E-state index contributed by atoms with van der Waals surface area (Å²) in [4.78, 5) is 27.4. The van der Waals surface area contributed by atoms with Crippen LogP contribution in [-0.2, 0) is 0 Å². The predicted octanol–water partition coefficient (Wildman–Crippen LogP) is 8.02. The van der Waals surface area contributed by atoms with Gasteiger partial charge in [0.05, 0.1) is 11.4 Å². The molecule has 0 bridgehead atoms. The van der Waals surface area contributed by atoms with Crippen molar-refractivity contribution in [3.05, 3.63) is 127 Å². The zero-order valence-corrected chi connectivity index (χ0v) is 22.2. The molecule has 0 aromatic heterocycles. The molecule has 5 aromatic rings. The first-order valence-corrected chi connectivity index (χ1v) is 13.3. The Morgan fingerprint density at radius 3 is 2.15 bits per heavy atom. The minimum absolute atomic E-state index is 0.0825. The Labute approximate surface area is 237 Å². The number of fused-ring (bicyclic) bond motifs is 1. The third kappa shape index (κ3) is 7.19. The van der Waals surface area contributed by atoms with Crippen LogP contribution in [0.5, 0.6) is 11.5 Å². The summed E-state index contributed by atoms with van der Waals surface area (Å²) in [6, 6.07) is 35.1. The number of nitrogens with zero attached hydrogens (tertiary/aromatic N) is 1. The molecule has 3 N–H and O–H groups in total. The van der Waals surface area contributed by atoms with E-state index in [0.717, 1.165) is 10.8 Å². The molecule has 7 nitrogen and oxygen atoms in total. The Morgan fingerprint density at radius 2 is 1.34 bits per heavy atom. The van der Waals surface area contributed by atoms with Crippen LogP contribution in [0.25, 0.3) is 10.8 Å². The third-order valence-electron chi connectivity index (χ3n) is 6.37. The molecule has 0 unspecified atom stereocenters. The van der Waals surface area contributed by atoms with Gasteiger partial charge in [0, 0.05) is 24.2 Å². The van der Waals surface area contributed by atoms with Gasteiger partial charge in [0.2, 0.25) is 0 Å². The number of amides is 4. The van der Waals surface area contributed by atoms with E-state index in [9.17, 15) is 14.0 Å². The minimum Gasteiger partial charge on any atom is -0.457 e. The first-order chi connectivity index (χ1) is 20.1. The average Bonchev–Trinajstić information content (AvgIpc) is 2.99. The van der Waals surface area contributed by atoms with Crippen LogP contribution in [0, 0.1) is 5.82 Å². The number of rotatable bonds is 9. The smallest absolute Gasteiger partial charge is 0.326 e. The van der Waals surface area contributed by atoms with Crippen LogP contribution in [0.3, 0.4) is 0 Å². The molecule has 0 aliphatic rings. The lowest BCUT2D eigenvalue weighted by atomic mass is 10.1. The number of carbonyl (C=O) groups is 2. The SMILES string of the molecule is O=C(NCCCN(C(=O)Nc1ccccc1F)c1ccc(Oc2ccccc2)cc1)Nc1cccc2ccccc12. The molecule has 206 valence electrons. The summed E-state index contributed by atoms with van der Waals surface area (Å²) < 4.78 is 20.1. The molecule has 5 rings (SSSR count). The summed E-state index contributed by atoms with van der Waals surface area (Å²) in [6.07, 6.45) is 0.454. The molecule has 0 aliphatic carbocycles. The first-order valence-electron chi connectivity index (χ1n) is 13.3. The molecular formula is C33H29FN4O3. The topological polar surface area (TPSA) is 82.7 Å². The number of halogens is 1. The maximum Gasteiger partial charge on any atom is 0.326 e. The van der Waals surface area contributed by atoms with E-state index in [1.165, 1.54) is 17.0 Å². The molecule has 0 radical (unpaired) electrons. The fraction of sp³-hybridized carbons (Fsp3) is 0.0909. The number of nitrogens with one attached hydrogen (secondary N) is 3. The number of carbonyl (C=O) groups excluding carboxylic acids is 2. The minimum atomic E-state index is -0.529. The fourth-order valence-electron chi connectivity index (χ4n) is 4.35. The first kappa shape index (κ1) is 27.2. The summed E-state index contributed by atoms with van der Waals surface area (Å²) in [5.41, 5.74) is 1.39. The van der Waals surface area contributed by atoms with Gasteiger partial charge in [-0.05, 0) is 66.4 Å². The summed E-state index contributed by atoms with van der Waals surface area (Å²) in [6.45, 7) is 0.586. The molecule has 0 heterocycles. The molecule has 4 amide bonds. The van der Waals surface area contributed by atoms with Crippen molar-refractivity contribution in [2.45, 2.75) is 6.42 Å².